The minimum atomic E-state index is -0.563. The van der Waals surface area contributed by atoms with E-state index in [1.165, 1.54) is 18.3 Å². The van der Waals surface area contributed by atoms with Crippen LogP contribution in [-0.4, -0.2) is 23.1 Å². The molecule has 0 bridgehead atoms. The predicted octanol–water partition coefficient (Wildman–Crippen LogP) is 0.327. The molecule has 6 nitrogen and oxygen atoms in total. The molecule has 1 rings (SSSR count). The van der Waals surface area contributed by atoms with Crippen LogP contribution >= 0.6 is 0 Å². The molecule has 1 heterocycles. The third kappa shape index (κ3) is 2.68. The van der Waals surface area contributed by atoms with Gasteiger partial charge in [-0.05, 0) is 16.0 Å². The quantitative estimate of drug-likeness (QED) is 0.536. The first-order chi connectivity index (χ1) is 6.24. The first-order valence-electron chi connectivity index (χ1n) is 3.67. The topological polar surface area (TPSA) is 91.3 Å². The molecule has 6 heteroatoms. The summed E-state index contributed by atoms with van der Waals surface area (Å²) in [6, 6.07) is 2.77. The second kappa shape index (κ2) is 4.36. The summed E-state index contributed by atoms with van der Waals surface area (Å²) in [5.41, 5.74) is 5.20. The molecule has 0 saturated carbocycles. The average molecular weight is 183 g/mol. The molecule has 0 aliphatic heterocycles. The summed E-state index contributed by atoms with van der Waals surface area (Å²) >= 11 is 0. The van der Waals surface area contributed by atoms with Gasteiger partial charge in [0.05, 0.1) is 0 Å². The number of nitrogens with zero attached hydrogens (tertiary/aromatic N) is 2. The summed E-state index contributed by atoms with van der Waals surface area (Å²) in [4.78, 5) is 13.2. The van der Waals surface area contributed by atoms with Crippen LogP contribution in [0.15, 0.2) is 18.3 Å². The van der Waals surface area contributed by atoms with Crippen molar-refractivity contribution in [3.63, 3.8) is 0 Å². The van der Waals surface area contributed by atoms with Gasteiger partial charge in [-0.1, -0.05) is 0 Å². The molecule has 13 heavy (non-hydrogen) atoms. The molecule has 0 saturated heterocycles. The zero-order chi connectivity index (χ0) is 9.68. The fourth-order valence-corrected chi connectivity index (χ4v) is 0.743. The summed E-state index contributed by atoms with van der Waals surface area (Å²) in [5.74, 6) is 0.288. The van der Waals surface area contributed by atoms with Crippen LogP contribution in [0.2, 0.25) is 0 Å². The number of ether oxygens (including phenoxy) is 1. The van der Waals surface area contributed by atoms with Gasteiger partial charge in [-0.3, -0.25) is 0 Å². The van der Waals surface area contributed by atoms with Crippen molar-refractivity contribution in [3.05, 3.63) is 28.4 Å². The van der Waals surface area contributed by atoms with E-state index >= 15 is 0 Å². The van der Waals surface area contributed by atoms with E-state index in [0.29, 0.717) is 18.9 Å². The molecule has 0 atom stereocenters. The van der Waals surface area contributed by atoms with E-state index in [9.17, 15) is 10.1 Å². The largest absolute Gasteiger partial charge is 0.488 e. The Balaban J connectivity index is 2.64. The van der Waals surface area contributed by atoms with Crippen molar-refractivity contribution in [2.24, 2.45) is 5.73 Å². The van der Waals surface area contributed by atoms with Crippen LogP contribution in [0.1, 0.15) is 0 Å². The smallest absolute Gasteiger partial charge is 0.363 e. The zero-order valence-electron chi connectivity index (χ0n) is 6.84. The highest BCUT2D eigenvalue weighted by Crippen LogP contribution is 2.12. The summed E-state index contributed by atoms with van der Waals surface area (Å²) in [5, 5.41) is 10.2. The van der Waals surface area contributed by atoms with E-state index < -0.39 is 4.92 Å². The lowest BCUT2D eigenvalue weighted by Crippen LogP contribution is -2.10. The van der Waals surface area contributed by atoms with Gasteiger partial charge in [0, 0.05) is 12.6 Å². The number of rotatable bonds is 4. The number of hydrogen-bond acceptors (Lipinski definition) is 5. The van der Waals surface area contributed by atoms with E-state index in [1.807, 2.05) is 0 Å². The van der Waals surface area contributed by atoms with Gasteiger partial charge in [-0.2, -0.15) is 0 Å². The Morgan fingerprint density at radius 3 is 2.85 bits per heavy atom. The highest BCUT2D eigenvalue weighted by Gasteiger charge is 2.05. The second-order valence-electron chi connectivity index (χ2n) is 2.25. The minimum absolute atomic E-state index is 0.194. The van der Waals surface area contributed by atoms with Gasteiger partial charge in [0.2, 0.25) is 0 Å². The first-order valence-corrected chi connectivity index (χ1v) is 3.67. The first kappa shape index (κ1) is 9.40. The summed E-state index contributed by atoms with van der Waals surface area (Å²) in [7, 11) is 0. The van der Waals surface area contributed by atoms with Crippen LogP contribution in [0.4, 0.5) is 5.82 Å². The van der Waals surface area contributed by atoms with Gasteiger partial charge >= 0.3 is 5.82 Å². The maximum absolute atomic E-state index is 10.2. The molecule has 70 valence electrons. The number of pyridine rings is 1. The van der Waals surface area contributed by atoms with Crippen LogP contribution < -0.4 is 10.5 Å². The van der Waals surface area contributed by atoms with Crippen LogP contribution in [0.5, 0.6) is 5.75 Å². The van der Waals surface area contributed by atoms with Crippen LogP contribution in [0, 0.1) is 10.1 Å². The van der Waals surface area contributed by atoms with Gasteiger partial charge in [-0.15, -0.1) is 0 Å². The molecule has 1 aromatic heterocycles. The van der Waals surface area contributed by atoms with Crippen molar-refractivity contribution in [3.8, 4) is 5.75 Å². The number of hydrogen-bond donors (Lipinski definition) is 1. The summed E-state index contributed by atoms with van der Waals surface area (Å²) in [6.45, 7) is 0.774. The van der Waals surface area contributed by atoms with E-state index in [-0.39, 0.29) is 5.82 Å². The molecule has 0 aliphatic carbocycles. The lowest BCUT2D eigenvalue weighted by molar-refractivity contribution is -0.389. The molecular formula is C7H9N3O3. The number of aromatic nitrogens is 1. The molecule has 0 aliphatic rings. The van der Waals surface area contributed by atoms with E-state index in [0.717, 1.165) is 0 Å². The Hall–Kier alpha value is -1.69. The van der Waals surface area contributed by atoms with Crippen molar-refractivity contribution in [1.82, 2.24) is 4.98 Å². The summed E-state index contributed by atoms with van der Waals surface area (Å²) < 4.78 is 5.08. The molecule has 1 aromatic rings. The maximum Gasteiger partial charge on any atom is 0.363 e. The molecule has 2 N–H and O–H groups in total. The van der Waals surface area contributed by atoms with Crippen molar-refractivity contribution < 1.29 is 9.66 Å². The van der Waals surface area contributed by atoms with Gasteiger partial charge in [0.1, 0.15) is 6.61 Å². The molecular weight excluding hydrogens is 174 g/mol. The Bertz CT molecular complexity index is 286. The third-order valence-electron chi connectivity index (χ3n) is 1.29. The Labute approximate surface area is 74.5 Å². The van der Waals surface area contributed by atoms with Crippen LogP contribution in [0.3, 0.4) is 0 Å². The Morgan fingerprint density at radius 2 is 2.38 bits per heavy atom. The normalized spacial score (nSPS) is 9.62. The fraction of sp³-hybridized carbons (Fsp3) is 0.286. The van der Waals surface area contributed by atoms with Gasteiger partial charge < -0.3 is 20.6 Å². The van der Waals surface area contributed by atoms with E-state index in [2.05, 4.69) is 4.98 Å². The lowest BCUT2D eigenvalue weighted by atomic mass is 10.4. The highest BCUT2D eigenvalue weighted by atomic mass is 16.6. The maximum atomic E-state index is 10.2. The van der Waals surface area contributed by atoms with Gasteiger partial charge in [0.25, 0.3) is 0 Å². The minimum Gasteiger partial charge on any atom is -0.488 e. The second-order valence-corrected chi connectivity index (χ2v) is 2.25. The van der Waals surface area contributed by atoms with Crippen molar-refractivity contribution >= 4 is 5.82 Å². The molecule has 0 fully saturated rings. The van der Waals surface area contributed by atoms with Crippen molar-refractivity contribution in [2.45, 2.75) is 0 Å². The van der Waals surface area contributed by atoms with Crippen molar-refractivity contribution in [2.75, 3.05) is 13.2 Å². The molecule has 0 spiro atoms. The van der Waals surface area contributed by atoms with Gasteiger partial charge in [0.15, 0.2) is 11.9 Å². The average Bonchev–Trinajstić information content (AvgIpc) is 2.15. The van der Waals surface area contributed by atoms with Crippen molar-refractivity contribution in [1.29, 1.82) is 0 Å². The SMILES string of the molecule is NCCOc1ccc([N+](=O)[O-])nc1. The monoisotopic (exact) mass is 183 g/mol. The summed E-state index contributed by atoms with van der Waals surface area (Å²) in [6.07, 6.45) is 1.30. The third-order valence-corrected chi connectivity index (χ3v) is 1.29. The molecule has 0 aromatic carbocycles. The fourth-order valence-electron chi connectivity index (χ4n) is 0.743. The standard InChI is InChI=1S/C7H9N3O3/c8-3-4-13-6-1-2-7(9-5-6)10(11)12/h1-2,5H,3-4,8H2. The predicted molar refractivity (Wildman–Crippen MR) is 45.4 cm³/mol. The molecule has 0 unspecified atom stereocenters. The van der Waals surface area contributed by atoms with Crippen LogP contribution in [0.25, 0.3) is 0 Å². The molecule has 0 amide bonds. The van der Waals surface area contributed by atoms with E-state index in [1.54, 1.807) is 0 Å². The zero-order valence-corrected chi connectivity index (χ0v) is 6.84. The molecule has 0 radical (unpaired) electrons. The van der Waals surface area contributed by atoms with Gasteiger partial charge in [-0.25, -0.2) is 0 Å². The Kier molecular flexibility index (Phi) is 3.15. The highest BCUT2D eigenvalue weighted by molar-refractivity contribution is 5.26. The van der Waals surface area contributed by atoms with E-state index in [4.69, 9.17) is 10.5 Å². The Morgan fingerprint density at radius 1 is 1.62 bits per heavy atom. The number of nitro groups is 1. The lowest BCUT2D eigenvalue weighted by Gasteiger charge is -2.00. The van der Waals surface area contributed by atoms with Crippen LogP contribution in [-0.2, 0) is 0 Å². The number of nitrogens with two attached hydrogens (primary N) is 1.